The second-order valence-corrected chi connectivity index (χ2v) is 8.58. The SMILES string of the molecule is O=C1CCC(N2Cc3cc(OCCN4CC(c5cccc(F)c5)C4)ccc3C2=O)C(=O)N1. The zero-order valence-corrected chi connectivity index (χ0v) is 17.6. The molecule has 0 saturated carbocycles. The van der Waals surface area contributed by atoms with E-state index in [0.29, 0.717) is 36.8 Å². The fourth-order valence-electron chi connectivity index (χ4n) is 4.66. The van der Waals surface area contributed by atoms with Gasteiger partial charge in [0.05, 0.1) is 0 Å². The van der Waals surface area contributed by atoms with Gasteiger partial charge in [-0.2, -0.15) is 0 Å². The first-order valence-electron chi connectivity index (χ1n) is 10.9. The lowest BCUT2D eigenvalue weighted by atomic mass is 9.91. The molecule has 5 rings (SSSR count). The first-order chi connectivity index (χ1) is 15.5. The number of nitrogens with one attached hydrogen (secondary N) is 1. The van der Waals surface area contributed by atoms with Crippen molar-refractivity contribution in [1.82, 2.24) is 15.1 Å². The molecule has 7 nitrogen and oxygen atoms in total. The van der Waals surface area contributed by atoms with Gasteiger partial charge in [0.25, 0.3) is 5.91 Å². The Kier molecular flexibility index (Phi) is 5.38. The third kappa shape index (κ3) is 3.98. The monoisotopic (exact) mass is 437 g/mol. The van der Waals surface area contributed by atoms with Crippen molar-refractivity contribution in [2.24, 2.45) is 0 Å². The summed E-state index contributed by atoms with van der Waals surface area (Å²) in [6, 6.07) is 11.5. The molecule has 0 aromatic heterocycles. The number of imide groups is 1. The number of piperidine rings is 1. The van der Waals surface area contributed by atoms with Crippen LogP contribution in [0.5, 0.6) is 5.75 Å². The fourth-order valence-corrected chi connectivity index (χ4v) is 4.66. The molecule has 2 saturated heterocycles. The van der Waals surface area contributed by atoms with Crippen LogP contribution in [0.4, 0.5) is 4.39 Å². The number of fused-ring (bicyclic) bond motifs is 1. The zero-order chi connectivity index (χ0) is 22.2. The van der Waals surface area contributed by atoms with Crippen LogP contribution in [-0.2, 0) is 16.1 Å². The summed E-state index contributed by atoms with van der Waals surface area (Å²) in [5, 5.41) is 2.31. The molecule has 0 bridgehead atoms. The van der Waals surface area contributed by atoms with Gasteiger partial charge in [-0.1, -0.05) is 12.1 Å². The predicted molar refractivity (Wildman–Crippen MR) is 114 cm³/mol. The van der Waals surface area contributed by atoms with Crippen LogP contribution in [0.3, 0.4) is 0 Å². The topological polar surface area (TPSA) is 79.0 Å². The van der Waals surface area contributed by atoms with Gasteiger partial charge in [0, 0.05) is 44.1 Å². The van der Waals surface area contributed by atoms with Crippen molar-refractivity contribution in [1.29, 1.82) is 0 Å². The highest BCUT2D eigenvalue weighted by Crippen LogP contribution is 2.30. The summed E-state index contributed by atoms with van der Waals surface area (Å²) in [5.41, 5.74) is 2.43. The highest BCUT2D eigenvalue weighted by molar-refractivity contribution is 6.05. The van der Waals surface area contributed by atoms with Gasteiger partial charge in [0.1, 0.15) is 24.2 Å². The van der Waals surface area contributed by atoms with Gasteiger partial charge in [-0.3, -0.25) is 24.6 Å². The van der Waals surface area contributed by atoms with Crippen LogP contribution < -0.4 is 10.1 Å². The Labute approximate surface area is 185 Å². The number of carbonyl (C=O) groups excluding carboxylic acids is 3. The number of amides is 3. The van der Waals surface area contributed by atoms with Gasteiger partial charge >= 0.3 is 0 Å². The summed E-state index contributed by atoms with van der Waals surface area (Å²) in [6.07, 6.45) is 0.585. The zero-order valence-electron chi connectivity index (χ0n) is 17.6. The molecule has 1 unspecified atom stereocenters. The Balaban J connectivity index is 1.13. The second-order valence-electron chi connectivity index (χ2n) is 8.58. The Morgan fingerprint density at radius 1 is 1.09 bits per heavy atom. The molecule has 32 heavy (non-hydrogen) atoms. The van der Waals surface area contributed by atoms with Crippen molar-refractivity contribution in [2.45, 2.75) is 31.3 Å². The summed E-state index contributed by atoms with van der Waals surface area (Å²) in [4.78, 5) is 40.1. The summed E-state index contributed by atoms with van der Waals surface area (Å²) in [5.74, 6) is -0.0556. The number of likely N-dealkylation sites (tertiary alicyclic amines) is 1. The maximum absolute atomic E-state index is 13.4. The smallest absolute Gasteiger partial charge is 0.255 e. The molecule has 166 valence electrons. The van der Waals surface area contributed by atoms with Crippen LogP contribution in [0.15, 0.2) is 42.5 Å². The molecule has 2 aromatic rings. The standard InChI is InChI=1S/C24H24FN3O4/c25-18-3-1-2-15(10-18)17-12-27(13-17)8-9-32-19-4-5-20-16(11-19)14-28(24(20)31)21-6-7-22(29)26-23(21)30/h1-5,10-11,17,21H,6-9,12-14H2,(H,26,29,30). The Bertz CT molecular complexity index is 1080. The highest BCUT2D eigenvalue weighted by Gasteiger charge is 2.39. The maximum atomic E-state index is 13.4. The maximum Gasteiger partial charge on any atom is 0.255 e. The number of benzene rings is 2. The summed E-state index contributed by atoms with van der Waals surface area (Å²) in [7, 11) is 0. The molecule has 3 aliphatic heterocycles. The molecule has 0 aliphatic carbocycles. The molecular formula is C24H24FN3O4. The van der Waals surface area contributed by atoms with E-state index in [1.165, 1.54) is 11.0 Å². The van der Waals surface area contributed by atoms with E-state index < -0.39 is 11.9 Å². The van der Waals surface area contributed by atoms with Crippen LogP contribution >= 0.6 is 0 Å². The van der Waals surface area contributed by atoms with Crippen molar-refractivity contribution in [3.63, 3.8) is 0 Å². The van der Waals surface area contributed by atoms with E-state index in [2.05, 4.69) is 10.2 Å². The summed E-state index contributed by atoms with van der Waals surface area (Å²) in [6.45, 7) is 3.38. The molecule has 3 heterocycles. The van der Waals surface area contributed by atoms with Crippen molar-refractivity contribution < 1.29 is 23.5 Å². The van der Waals surface area contributed by atoms with Gasteiger partial charge in [-0.15, -0.1) is 0 Å². The third-order valence-electron chi connectivity index (χ3n) is 6.45. The summed E-state index contributed by atoms with van der Waals surface area (Å²) < 4.78 is 19.3. The quantitative estimate of drug-likeness (QED) is 0.700. The third-order valence-corrected chi connectivity index (χ3v) is 6.45. The average molecular weight is 437 g/mol. The molecular weight excluding hydrogens is 413 g/mol. The number of ether oxygens (including phenoxy) is 1. The number of carbonyl (C=O) groups is 3. The molecule has 2 fully saturated rings. The van der Waals surface area contributed by atoms with Crippen LogP contribution in [0.1, 0.15) is 40.2 Å². The summed E-state index contributed by atoms with van der Waals surface area (Å²) >= 11 is 0. The van der Waals surface area contributed by atoms with Gasteiger partial charge in [-0.05, 0) is 47.9 Å². The van der Waals surface area contributed by atoms with Crippen molar-refractivity contribution in [3.05, 3.63) is 65.0 Å². The lowest BCUT2D eigenvalue weighted by Crippen LogP contribution is -2.52. The Morgan fingerprint density at radius 2 is 1.94 bits per heavy atom. The number of rotatable bonds is 6. The highest BCUT2D eigenvalue weighted by atomic mass is 19.1. The van der Waals surface area contributed by atoms with E-state index >= 15 is 0 Å². The van der Waals surface area contributed by atoms with Crippen LogP contribution in [-0.4, -0.2) is 59.8 Å². The molecule has 1 atom stereocenters. The number of hydrogen-bond donors (Lipinski definition) is 1. The number of halogens is 1. The Hall–Kier alpha value is -3.26. The second kappa shape index (κ2) is 8.35. The lowest BCUT2D eigenvalue weighted by Gasteiger charge is -2.39. The largest absolute Gasteiger partial charge is 0.492 e. The van der Waals surface area contributed by atoms with Gasteiger partial charge in [0.15, 0.2) is 0 Å². The van der Waals surface area contributed by atoms with Gasteiger partial charge in [-0.25, -0.2) is 4.39 Å². The molecule has 3 aliphatic rings. The fraction of sp³-hybridized carbons (Fsp3) is 0.375. The van der Waals surface area contributed by atoms with Crippen LogP contribution in [0.2, 0.25) is 0 Å². The molecule has 1 N–H and O–H groups in total. The molecule has 0 spiro atoms. The van der Waals surface area contributed by atoms with Crippen molar-refractivity contribution in [2.75, 3.05) is 26.2 Å². The van der Waals surface area contributed by atoms with Crippen molar-refractivity contribution >= 4 is 17.7 Å². The molecule has 0 radical (unpaired) electrons. The van der Waals surface area contributed by atoms with E-state index in [9.17, 15) is 18.8 Å². The minimum Gasteiger partial charge on any atom is -0.492 e. The van der Waals surface area contributed by atoms with E-state index in [1.807, 2.05) is 12.1 Å². The number of nitrogens with zero attached hydrogens (tertiary/aromatic N) is 2. The first kappa shape index (κ1) is 20.6. The molecule has 8 heteroatoms. The molecule has 3 amide bonds. The normalized spacial score (nSPS) is 21.3. The van der Waals surface area contributed by atoms with E-state index in [-0.39, 0.29) is 24.1 Å². The van der Waals surface area contributed by atoms with Gasteiger partial charge in [0.2, 0.25) is 11.8 Å². The van der Waals surface area contributed by atoms with Gasteiger partial charge < -0.3 is 9.64 Å². The molecule has 2 aromatic carbocycles. The average Bonchev–Trinajstić information content (AvgIpc) is 3.05. The van der Waals surface area contributed by atoms with Crippen LogP contribution in [0.25, 0.3) is 0 Å². The van der Waals surface area contributed by atoms with E-state index in [0.717, 1.165) is 30.8 Å². The Morgan fingerprint density at radius 3 is 2.72 bits per heavy atom. The number of hydrogen-bond acceptors (Lipinski definition) is 5. The minimum absolute atomic E-state index is 0.190. The van der Waals surface area contributed by atoms with Crippen molar-refractivity contribution in [3.8, 4) is 5.75 Å². The predicted octanol–water partition coefficient (Wildman–Crippen LogP) is 2.06. The van der Waals surface area contributed by atoms with E-state index in [1.54, 1.807) is 24.3 Å². The first-order valence-corrected chi connectivity index (χ1v) is 10.9. The van der Waals surface area contributed by atoms with Crippen LogP contribution in [0, 0.1) is 5.82 Å². The van der Waals surface area contributed by atoms with E-state index in [4.69, 9.17) is 4.74 Å². The lowest BCUT2D eigenvalue weighted by molar-refractivity contribution is -0.136. The minimum atomic E-state index is -0.616.